The van der Waals surface area contributed by atoms with Crippen molar-refractivity contribution in [1.82, 2.24) is 24.5 Å². The molecule has 2 aromatic carbocycles. The van der Waals surface area contributed by atoms with E-state index in [-0.39, 0.29) is 5.91 Å². The molecule has 0 aliphatic carbocycles. The third-order valence-corrected chi connectivity index (χ3v) is 6.16. The Kier molecular flexibility index (Phi) is 5.31. The molecule has 8 nitrogen and oxygen atoms in total. The highest BCUT2D eigenvalue weighted by Crippen LogP contribution is 2.25. The first kappa shape index (κ1) is 20.8. The van der Waals surface area contributed by atoms with Gasteiger partial charge in [0, 0.05) is 17.4 Å². The smallest absolute Gasteiger partial charge is 0.284 e. The highest BCUT2D eigenvalue weighted by Gasteiger charge is 2.13. The van der Waals surface area contributed by atoms with Crippen molar-refractivity contribution < 1.29 is 9.53 Å². The number of para-hydroxylation sites is 1. The Balaban J connectivity index is 1.31. The van der Waals surface area contributed by atoms with Crippen molar-refractivity contribution in [3.8, 4) is 17.4 Å². The molecule has 0 bridgehead atoms. The molecule has 5 aromatic rings. The number of aryl methyl sites for hydroxylation is 2. The Morgan fingerprint density at radius 1 is 1.00 bits per heavy atom. The summed E-state index contributed by atoms with van der Waals surface area (Å²) in [6.07, 6.45) is 1.74. The van der Waals surface area contributed by atoms with Crippen LogP contribution in [0.2, 0.25) is 0 Å². The summed E-state index contributed by atoms with van der Waals surface area (Å²) in [6, 6.07) is 16.6. The topological polar surface area (TPSA) is 94.8 Å². The van der Waals surface area contributed by atoms with Crippen LogP contribution in [0.4, 0.5) is 5.69 Å². The number of aromatic nitrogens is 5. The molecule has 1 N–H and O–H groups in total. The molecule has 9 heteroatoms. The predicted molar refractivity (Wildman–Crippen MR) is 127 cm³/mol. The number of amides is 1. The number of imidazole rings is 1. The van der Waals surface area contributed by atoms with Gasteiger partial charge in [-0.25, -0.2) is 15.0 Å². The number of fused-ring (bicyclic) bond motifs is 1. The first-order chi connectivity index (χ1) is 16.0. The van der Waals surface area contributed by atoms with Crippen molar-refractivity contribution >= 4 is 33.1 Å². The van der Waals surface area contributed by atoms with Crippen LogP contribution in [0.1, 0.15) is 27.0 Å². The van der Waals surface area contributed by atoms with Crippen molar-refractivity contribution in [1.29, 1.82) is 0 Å². The Bertz CT molecular complexity index is 1440. The van der Waals surface area contributed by atoms with E-state index in [4.69, 9.17) is 4.74 Å². The van der Waals surface area contributed by atoms with E-state index in [1.807, 2.05) is 49.6 Å². The maximum Gasteiger partial charge on any atom is 0.284 e. The number of carbonyl (C=O) groups is 1. The minimum absolute atomic E-state index is 0.244. The van der Waals surface area contributed by atoms with E-state index < -0.39 is 0 Å². The quantitative estimate of drug-likeness (QED) is 0.389. The van der Waals surface area contributed by atoms with Gasteiger partial charge in [-0.3, -0.25) is 9.36 Å². The number of hydrogen-bond acceptors (Lipinski definition) is 7. The van der Waals surface area contributed by atoms with Gasteiger partial charge in [0.25, 0.3) is 5.91 Å². The van der Waals surface area contributed by atoms with Crippen LogP contribution < -0.4 is 10.1 Å². The largest absolute Gasteiger partial charge is 0.439 e. The van der Waals surface area contributed by atoms with Crippen molar-refractivity contribution in [3.05, 3.63) is 83.1 Å². The van der Waals surface area contributed by atoms with Crippen LogP contribution in [-0.4, -0.2) is 30.4 Å². The average Bonchev–Trinajstić information content (AvgIpc) is 3.38. The predicted octanol–water partition coefficient (Wildman–Crippen LogP) is 5.24. The molecule has 0 aliphatic heterocycles. The van der Waals surface area contributed by atoms with Crippen LogP contribution in [0.5, 0.6) is 11.6 Å². The van der Waals surface area contributed by atoms with Gasteiger partial charge in [-0.2, -0.15) is 4.98 Å². The molecule has 0 radical (unpaired) electrons. The number of rotatable bonds is 5. The molecule has 3 heterocycles. The van der Waals surface area contributed by atoms with Gasteiger partial charge in [0.05, 0.1) is 15.9 Å². The molecule has 33 heavy (non-hydrogen) atoms. The molecule has 0 saturated heterocycles. The first-order valence-corrected chi connectivity index (χ1v) is 11.1. The van der Waals surface area contributed by atoms with Crippen molar-refractivity contribution in [2.24, 2.45) is 0 Å². The van der Waals surface area contributed by atoms with Crippen molar-refractivity contribution in [2.45, 2.75) is 20.8 Å². The average molecular weight is 457 g/mol. The molecule has 0 saturated carbocycles. The lowest BCUT2D eigenvalue weighted by molar-refractivity contribution is 0.102. The molecule has 1 amide bonds. The first-order valence-electron chi connectivity index (χ1n) is 10.3. The number of anilines is 1. The summed E-state index contributed by atoms with van der Waals surface area (Å²) in [6.45, 7) is 5.76. The van der Waals surface area contributed by atoms with E-state index in [1.165, 1.54) is 11.3 Å². The van der Waals surface area contributed by atoms with Crippen LogP contribution in [0.3, 0.4) is 0 Å². The number of benzene rings is 2. The number of hydrogen-bond donors (Lipinski definition) is 1. The lowest BCUT2D eigenvalue weighted by Gasteiger charge is -2.10. The molecule has 0 aliphatic rings. The molecule has 0 unspecified atom stereocenters. The van der Waals surface area contributed by atoms with Crippen LogP contribution in [0.15, 0.2) is 60.9 Å². The second-order valence-electron chi connectivity index (χ2n) is 7.46. The van der Waals surface area contributed by atoms with Gasteiger partial charge in [-0.15, -0.1) is 11.3 Å². The maximum atomic E-state index is 12.6. The highest BCUT2D eigenvalue weighted by atomic mass is 32.1. The van der Waals surface area contributed by atoms with E-state index in [1.54, 1.807) is 36.7 Å². The Labute approximate surface area is 194 Å². The van der Waals surface area contributed by atoms with Gasteiger partial charge in [0.1, 0.15) is 23.7 Å². The summed E-state index contributed by atoms with van der Waals surface area (Å²) >= 11 is 1.36. The summed E-state index contributed by atoms with van der Waals surface area (Å²) in [4.78, 5) is 30.2. The Morgan fingerprint density at radius 3 is 2.52 bits per heavy atom. The van der Waals surface area contributed by atoms with Gasteiger partial charge in [-0.05, 0) is 57.2 Å². The van der Waals surface area contributed by atoms with E-state index in [0.29, 0.717) is 34.0 Å². The number of ether oxygens (including phenoxy) is 1. The molecule has 5 rings (SSSR count). The van der Waals surface area contributed by atoms with Crippen LogP contribution in [0.25, 0.3) is 16.0 Å². The second-order valence-corrected chi connectivity index (χ2v) is 8.49. The monoisotopic (exact) mass is 456 g/mol. The maximum absolute atomic E-state index is 12.6. The molecule has 0 spiro atoms. The standard InChI is InChI=1S/C24H20N6O2S/c1-14-15(2)30(13-25-14)21-12-22(27-16(3)26-21)32-18-10-8-17(9-11-18)28-23(31)24-29-19-6-4-5-7-20(19)33-24/h4-13H,1-3H3,(H,28,31). The lowest BCUT2D eigenvalue weighted by atomic mass is 10.3. The van der Waals surface area contributed by atoms with E-state index in [0.717, 1.165) is 21.6 Å². The second kappa shape index (κ2) is 8.44. The molecule has 0 atom stereocenters. The van der Waals surface area contributed by atoms with Crippen molar-refractivity contribution in [3.63, 3.8) is 0 Å². The highest BCUT2D eigenvalue weighted by molar-refractivity contribution is 7.20. The van der Waals surface area contributed by atoms with Crippen LogP contribution in [-0.2, 0) is 0 Å². The minimum atomic E-state index is -0.244. The van der Waals surface area contributed by atoms with E-state index in [9.17, 15) is 4.79 Å². The number of nitrogens with one attached hydrogen (secondary N) is 1. The fourth-order valence-corrected chi connectivity index (χ4v) is 4.17. The van der Waals surface area contributed by atoms with E-state index in [2.05, 4.69) is 25.3 Å². The fraction of sp³-hybridized carbons (Fsp3) is 0.125. The SMILES string of the molecule is Cc1nc(Oc2ccc(NC(=O)c3nc4ccccc4s3)cc2)cc(-n2cnc(C)c2C)n1. The fourth-order valence-electron chi connectivity index (χ4n) is 3.31. The molecule has 164 valence electrons. The van der Waals surface area contributed by atoms with Gasteiger partial charge >= 0.3 is 0 Å². The zero-order valence-electron chi connectivity index (χ0n) is 18.2. The molecule has 3 aromatic heterocycles. The Morgan fingerprint density at radius 2 is 1.79 bits per heavy atom. The minimum Gasteiger partial charge on any atom is -0.439 e. The van der Waals surface area contributed by atoms with Gasteiger partial charge in [0.15, 0.2) is 5.01 Å². The normalized spacial score (nSPS) is 11.0. The summed E-state index contributed by atoms with van der Waals surface area (Å²) in [5, 5.41) is 3.30. The van der Waals surface area contributed by atoms with Crippen molar-refractivity contribution in [2.75, 3.05) is 5.32 Å². The summed E-state index contributed by atoms with van der Waals surface area (Å²) < 4.78 is 8.82. The summed E-state index contributed by atoms with van der Waals surface area (Å²) in [5.74, 6) is 2.06. The number of carbonyl (C=O) groups excluding carboxylic acids is 1. The van der Waals surface area contributed by atoms with Gasteiger partial charge in [-0.1, -0.05) is 12.1 Å². The zero-order valence-corrected chi connectivity index (χ0v) is 19.1. The van der Waals surface area contributed by atoms with Gasteiger partial charge in [0.2, 0.25) is 5.88 Å². The van der Waals surface area contributed by atoms with Crippen LogP contribution >= 0.6 is 11.3 Å². The Hall–Kier alpha value is -4.11. The lowest BCUT2D eigenvalue weighted by Crippen LogP contribution is -2.11. The van der Waals surface area contributed by atoms with Gasteiger partial charge < -0.3 is 10.1 Å². The van der Waals surface area contributed by atoms with Crippen LogP contribution in [0, 0.1) is 20.8 Å². The molecule has 0 fully saturated rings. The number of thiazole rings is 1. The third-order valence-electron chi connectivity index (χ3n) is 5.12. The molecular formula is C24H20N6O2S. The molecular weight excluding hydrogens is 436 g/mol. The third kappa shape index (κ3) is 4.31. The summed E-state index contributed by atoms with van der Waals surface area (Å²) in [5.41, 5.74) is 3.41. The van der Waals surface area contributed by atoms with E-state index >= 15 is 0 Å². The number of nitrogens with zero attached hydrogens (tertiary/aromatic N) is 5. The zero-order chi connectivity index (χ0) is 22.9. The summed E-state index contributed by atoms with van der Waals surface area (Å²) in [7, 11) is 0.